The zero-order valence-electron chi connectivity index (χ0n) is 7.61. The number of aliphatic hydroxyl groups excluding tert-OH is 1. The van der Waals surface area contributed by atoms with Gasteiger partial charge in [0.25, 0.3) is 6.43 Å². The topological polar surface area (TPSA) is 58.0 Å². The molecule has 1 aromatic rings. The number of halogens is 2. The van der Waals surface area contributed by atoms with Gasteiger partial charge in [-0.15, -0.1) is 0 Å². The monoisotopic (exact) mass is 203 g/mol. The molecule has 0 saturated carbocycles. The van der Waals surface area contributed by atoms with E-state index in [1.54, 1.807) is 6.92 Å². The number of nitrogens with one attached hydrogen (secondary N) is 1. The molecule has 1 aromatic heterocycles. The van der Waals surface area contributed by atoms with E-state index in [1.807, 2.05) is 0 Å². The summed E-state index contributed by atoms with van der Waals surface area (Å²) in [7, 11) is 0. The SMILES string of the molecule is CC(O)CNc1cc(C(F)F)ncn1. The molecule has 4 nitrogen and oxygen atoms in total. The summed E-state index contributed by atoms with van der Waals surface area (Å²) in [4.78, 5) is 7.13. The first kappa shape index (κ1) is 10.8. The van der Waals surface area contributed by atoms with Crippen LogP contribution in [0.25, 0.3) is 0 Å². The van der Waals surface area contributed by atoms with Gasteiger partial charge < -0.3 is 10.4 Å². The van der Waals surface area contributed by atoms with E-state index < -0.39 is 12.5 Å². The van der Waals surface area contributed by atoms with Crippen LogP contribution in [0, 0.1) is 0 Å². The van der Waals surface area contributed by atoms with Crippen molar-refractivity contribution in [3.8, 4) is 0 Å². The predicted molar refractivity (Wildman–Crippen MR) is 47.2 cm³/mol. The second-order valence-electron chi connectivity index (χ2n) is 2.86. The van der Waals surface area contributed by atoms with Crippen LogP contribution < -0.4 is 5.32 Å². The summed E-state index contributed by atoms with van der Waals surface area (Å²) in [6.07, 6.45) is -2.10. The Morgan fingerprint density at radius 1 is 1.50 bits per heavy atom. The Balaban J connectivity index is 2.64. The van der Waals surface area contributed by atoms with Gasteiger partial charge in [0.1, 0.15) is 17.8 Å². The minimum absolute atomic E-state index is 0.264. The van der Waals surface area contributed by atoms with Gasteiger partial charge in [0.05, 0.1) is 6.10 Å². The Labute approximate surface area is 80.0 Å². The number of aromatic nitrogens is 2. The van der Waals surface area contributed by atoms with E-state index in [9.17, 15) is 8.78 Å². The van der Waals surface area contributed by atoms with Crippen molar-refractivity contribution in [2.75, 3.05) is 11.9 Å². The Hall–Kier alpha value is -1.30. The van der Waals surface area contributed by atoms with Crippen LogP contribution in [0.1, 0.15) is 19.0 Å². The summed E-state index contributed by atoms with van der Waals surface area (Å²) in [6, 6.07) is 1.16. The normalized spacial score (nSPS) is 12.9. The lowest BCUT2D eigenvalue weighted by atomic mass is 10.3. The van der Waals surface area contributed by atoms with E-state index >= 15 is 0 Å². The van der Waals surface area contributed by atoms with Crippen molar-refractivity contribution >= 4 is 5.82 Å². The Bertz CT molecular complexity index is 294. The summed E-state index contributed by atoms with van der Waals surface area (Å²) in [5, 5.41) is 11.6. The number of hydrogen-bond donors (Lipinski definition) is 2. The first-order valence-electron chi connectivity index (χ1n) is 4.11. The van der Waals surface area contributed by atoms with Crippen molar-refractivity contribution in [1.29, 1.82) is 0 Å². The fourth-order valence-corrected chi connectivity index (χ4v) is 0.841. The van der Waals surface area contributed by atoms with Gasteiger partial charge in [-0.25, -0.2) is 18.7 Å². The maximum atomic E-state index is 12.2. The number of nitrogens with zero attached hydrogens (tertiary/aromatic N) is 2. The molecule has 0 aliphatic rings. The number of alkyl halides is 2. The van der Waals surface area contributed by atoms with Gasteiger partial charge in [0.15, 0.2) is 0 Å². The molecule has 0 bridgehead atoms. The van der Waals surface area contributed by atoms with E-state index in [4.69, 9.17) is 5.11 Å². The van der Waals surface area contributed by atoms with Crippen LogP contribution in [-0.4, -0.2) is 27.7 Å². The van der Waals surface area contributed by atoms with Crippen molar-refractivity contribution in [1.82, 2.24) is 9.97 Å². The fourth-order valence-electron chi connectivity index (χ4n) is 0.841. The molecule has 0 saturated heterocycles. The second kappa shape index (κ2) is 4.80. The largest absolute Gasteiger partial charge is 0.392 e. The van der Waals surface area contributed by atoms with Gasteiger partial charge >= 0.3 is 0 Å². The average Bonchev–Trinajstić information content (AvgIpc) is 2.15. The van der Waals surface area contributed by atoms with Crippen LogP contribution in [-0.2, 0) is 0 Å². The summed E-state index contributed by atoms with van der Waals surface area (Å²) in [5.41, 5.74) is -0.326. The quantitative estimate of drug-likeness (QED) is 0.772. The highest BCUT2D eigenvalue weighted by molar-refractivity contribution is 5.35. The Morgan fingerprint density at radius 3 is 2.79 bits per heavy atom. The van der Waals surface area contributed by atoms with Gasteiger partial charge in [-0.3, -0.25) is 0 Å². The molecule has 2 N–H and O–H groups in total. The number of anilines is 1. The molecule has 78 valence electrons. The molecule has 1 rings (SSSR count). The van der Waals surface area contributed by atoms with Crippen LogP contribution in [0.15, 0.2) is 12.4 Å². The lowest BCUT2D eigenvalue weighted by Gasteiger charge is -2.07. The highest BCUT2D eigenvalue weighted by atomic mass is 19.3. The van der Waals surface area contributed by atoms with Crippen molar-refractivity contribution in [3.63, 3.8) is 0 Å². The molecule has 0 amide bonds. The highest BCUT2D eigenvalue weighted by Gasteiger charge is 2.09. The van der Waals surface area contributed by atoms with Crippen molar-refractivity contribution in [2.24, 2.45) is 0 Å². The zero-order chi connectivity index (χ0) is 10.6. The van der Waals surface area contributed by atoms with Crippen LogP contribution in [0.5, 0.6) is 0 Å². The van der Waals surface area contributed by atoms with Gasteiger partial charge in [0, 0.05) is 12.6 Å². The second-order valence-corrected chi connectivity index (χ2v) is 2.86. The minimum atomic E-state index is -2.61. The first-order valence-corrected chi connectivity index (χ1v) is 4.11. The van der Waals surface area contributed by atoms with E-state index in [1.165, 1.54) is 0 Å². The Morgan fingerprint density at radius 2 is 2.21 bits per heavy atom. The predicted octanol–water partition coefficient (Wildman–Crippen LogP) is 1.21. The van der Waals surface area contributed by atoms with Gasteiger partial charge in [-0.05, 0) is 6.92 Å². The van der Waals surface area contributed by atoms with Crippen molar-refractivity contribution < 1.29 is 13.9 Å². The molecule has 0 aromatic carbocycles. The maximum absolute atomic E-state index is 12.2. The van der Waals surface area contributed by atoms with Gasteiger partial charge in [0.2, 0.25) is 0 Å². The molecule has 6 heteroatoms. The number of hydrogen-bond acceptors (Lipinski definition) is 4. The van der Waals surface area contributed by atoms with Crippen molar-refractivity contribution in [3.05, 3.63) is 18.1 Å². The minimum Gasteiger partial charge on any atom is -0.392 e. The summed E-state index contributed by atoms with van der Waals surface area (Å²) in [5.74, 6) is 0.288. The highest BCUT2D eigenvalue weighted by Crippen LogP contribution is 2.17. The smallest absolute Gasteiger partial charge is 0.280 e. The van der Waals surface area contributed by atoms with Crippen LogP contribution in [0.2, 0.25) is 0 Å². The third-order valence-electron chi connectivity index (χ3n) is 1.49. The zero-order valence-corrected chi connectivity index (χ0v) is 7.61. The van der Waals surface area contributed by atoms with Crippen LogP contribution in [0.4, 0.5) is 14.6 Å². The lowest BCUT2D eigenvalue weighted by molar-refractivity contribution is 0.146. The van der Waals surface area contributed by atoms with Crippen LogP contribution in [0.3, 0.4) is 0 Å². The molecule has 0 spiro atoms. The van der Waals surface area contributed by atoms with Gasteiger partial charge in [-0.1, -0.05) is 0 Å². The third kappa shape index (κ3) is 3.21. The lowest BCUT2D eigenvalue weighted by Crippen LogP contribution is -2.16. The maximum Gasteiger partial charge on any atom is 0.280 e. The number of rotatable bonds is 4. The van der Waals surface area contributed by atoms with Crippen molar-refractivity contribution in [2.45, 2.75) is 19.5 Å². The first-order chi connectivity index (χ1) is 6.59. The molecule has 1 heterocycles. The molecule has 1 atom stereocenters. The molecule has 0 fully saturated rings. The summed E-state index contributed by atoms with van der Waals surface area (Å²) in [6.45, 7) is 1.85. The standard InChI is InChI=1S/C8H11F2N3O/c1-5(14)3-11-7-2-6(8(9)10)12-4-13-7/h2,4-5,8,14H,3H2,1H3,(H,11,12,13). The van der Waals surface area contributed by atoms with E-state index in [0.29, 0.717) is 0 Å². The van der Waals surface area contributed by atoms with Gasteiger partial charge in [-0.2, -0.15) is 0 Å². The Kier molecular flexibility index (Phi) is 3.70. The summed E-state index contributed by atoms with van der Waals surface area (Å²) >= 11 is 0. The molecule has 1 unspecified atom stereocenters. The molecule has 0 aliphatic carbocycles. The number of aliphatic hydroxyl groups is 1. The third-order valence-corrected chi connectivity index (χ3v) is 1.49. The van der Waals surface area contributed by atoms with E-state index in [2.05, 4.69) is 15.3 Å². The van der Waals surface area contributed by atoms with E-state index in [0.717, 1.165) is 12.4 Å². The molecule has 0 aliphatic heterocycles. The summed E-state index contributed by atoms with van der Waals surface area (Å²) < 4.78 is 24.4. The average molecular weight is 203 g/mol. The molecule has 0 radical (unpaired) electrons. The van der Waals surface area contributed by atoms with Crippen LogP contribution >= 0.6 is 0 Å². The molecule has 14 heavy (non-hydrogen) atoms. The fraction of sp³-hybridized carbons (Fsp3) is 0.500. The molecular formula is C8H11F2N3O. The molecular weight excluding hydrogens is 192 g/mol. The van der Waals surface area contributed by atoms with E-state index in [-0.39, 0.29) is 18.1 Å².